The van der Waals surface area contributed by atoms with E-state index in [1.165, 1.54) is 16.8 Å². The van der Waals surface area contributed by atoms with Gasteiger partial charge in [-0.15, -0.1) is 0 Å². The number of ether oxygens (including phenoxy) is 2. The highest BCUT2D eigenvalue weighted by Gasteiger charge is 2.18. The first kappa shape index (κ1) is 13.8. The van der Waals surface area contributed by atoms with Crippen LogP contribution in [0.25, 0.3) is 0 Å². The highest BCUT2D eigenvalue weighted by molar-refractivity contribution is 5.54. The molecule has 0 saturated carbocycles. The number of nitrogens with one attached hydrogen (secondary N) is 1. The number of hydrogen-bond donors (Lipinski definition) is 1. The van der Waals surface area contributed by atoms with Crippen molar-refractivity contribution in [2.24, 2.45) is 0 Å². The number of para-hydroxylation sites is 1. The fourth-order valence-electron chi connectivity index (χ4n) is 2.92. The van der Waals surface area contributed by atoms with Gasteiger partial charge in [0.2, 0.25) is 0 Å². The Morgan fingerprint density at radius 1 is 1.05 bits per heavy atom. The van der Waals surface area contributed by atoms with Crippen molar-refractivity contribution in [3.05, 3.63) is 53.6 Å². The van der Waals surface area contributed by atoms with Crippen LogP contribution < -0.4 is 14.8 Å². The lowest BCUT2D eigenvalue weighted by molar-refractivity contribution is 0.393. The van der Waals surface area contributed by atoms with Crippen molar-refractivity contribution in [2.45, 2.75) is 25.3 Å². The molecule has 1 aliphatic rings. The molecule has 1 unspecified atom stereocenters. The smallest absolute Gasteiger partial charge is 0.122 e. The molecule has 0 amide bonds. The summed E-state index contributed by atoms with van der Waals surface area (Å²) in [6.07, 6.45) is 3.26. The lowest BCUT2D eigenvalue weighted by atomic mass is 9.94. The van der Waals surface area contributed by atoms with Crippen molar-refractivity contribution in [3.8, 4) is 11.5 Å². The highest BCUT2D eigenvalue weighted by atomic mass is 16.5. The van der Waals surface area contributed by atoms with Crippen molar-refractivity contribution in [1.82, 2.24) is 0 Å². The Kier molecular flexibility index (Phi) is 4.00. The maximum Gasteiger partial charge on any atom is 0.122 e. The standard InChI is InChI=1S/C18H21NO2/c1-20-16-10-13(11-17(12-16)21-2)9-15-8-7-14-5-3-4-6-18(14)19-15/h3-6,10-12,15,19H,7-9H2,1-2H3. The highest BCUT2D eigenvalue weighted by Crippen LogP contribution is 2.28. The van der Waals surface area contributed by atoms with Crippen molar-refractivity contribution in [2.75, 3.05) is 19.5 Å². The van der Waals surface area contributed by atoms with Crippen LogP contribution in [-0.2, 0) is 12.8 Å². The minimum Gasteiger partial charge on any atom is -0.497 e. The maximum atomic E-state index is 5.34. The van der Waals surface area contributed by atoms with Crippen molar-refractivity contribution >= 4 is 5.69 Å². The van der Waals surface area contributed by atoms with Gasteiger partial charge < -0.3 is 14.8 Å². The zero-order chi connectivity index (χ0) is 14.7. The van der Waals surface area contributed by atoms with Crippen LogP contribution in [0, 0.1) is 0 Å². The van der Waals surface area contributed by atoms with Crippen LogP contribution in [0.5, 0.6) is 11.5 Å². The van der Waals surface area contributed by atoms with Gasteiger partial charge >= 0.3 is 0 Å². The number of hydrogen-bond acceptors (Lipinski definition) is 3. The van der Waals surface area contributed by atoms with E-state index in [4.69, 9.17) is 9.47 Å². The average Bonchev–Trinajstić information content (AvgIpc) is 2.54. The molecule has 1 atom stereocenters. The summed E-state index contributed by atoms with van der Waals surface area (Å²) in [5.74, 6) is 1.70. The van der Waals surface area contributed by atoms with Gasteiger partial charge in [0.1, 0.15) is 11.5 Å². The molecule has 0 aromatic heterocycles. The van der Waals surface area contributed by atoms with Crippen LogP contribution in [0.1, 0.15) is 17.5 Å². The Hall–Kier alpha value is -2.16. The minimum absolute atomic E-state index is 0.455. The van der Waals surface area contributed by atoms with Gasteiger partial charge in [0.15, 0.2) is 0 Å². The number of anilines is 1. The van der Waals surface area contributed by atoms with Crippen LogP contribution in [0.3, 0.4) is 0 Å². The average molecular weight is 283 g/mol. The molecule has 2 aromatic rings. The third-order valence-corrected chi connectivity index (χ3v) is 4.03. The van der Waals surface area contributed by atoms with Crippen LogP contribution in [0.2, 0.25) is 0 Å². The third kappa shape index (κ3) is 3.13. The van der Waals surface area contributed by atoms with E-state index in [1.54, 1.807) is 14.2 Å². The second-order valence-corrected chi connectivity index (χ2v) is 5.46. The van der Waals surface area contributed by atoms with E-state index in [1.807, 2.05) is 6.07 Å². The van der Waals surface area contributed by atoms with Gasteiger partial charge in [-0.25, -0.2) is 0 Å². The molecule has 3 rings (SSSR count). The number of rotatable bonds is 4. The summed E-state index contributed by atoms with van der Waals surface area (Å²) in [5, 5.41) is 3.64. The van der Waals surface area contributed by atoms with E-state index in [0.29, 0.717) is 6.04 Å². The normalized spacial score (nSPS) is 16.8. The van der Waals surface area contributed by atoms with E-state index in [2.05, 4.69) is 41.7 Å². The predicted octanol–water partition coefficient (Wildman–Crippen LogP) is 3.67. The van der Waals surface area contributed by atoms with E-state index in [-0.39, 0.29) is 0 Å². The summed E-state index contributed by atoms with van der Waals surface area (Å²) in [6, 6.07) is 15.1. The van der Waals surface area contributed by atoms with E-state index < -0.39 is 0 Å². The summed E-state index contributed by atoms with van der Waals surface area (Å²) in [6.45, 7) is 0. The monoisotopic (exact) mass is 283 g/mol. The van der Waals surface area contributed by atoms with Crippen LogP contribution in [-0.4, -0.2) is 20.3 Å². The Bertz CT molecular complexity index is 602. The van der Waals surface area contributed by atoms with Gasteiger partial charge in [-0.2, -0.15) is 0 Å². The molecule has 0 bridgehead atoms. The molecule has 110 valence electrons. The van der Waals surface area contributed by atoms with E-state index in [9.17, 15) is 0 Å². The van der Waals surface area contributed by atoms with Crippen molar-refractivity contribution in [3.63, 3.8) is 0 Å². The second kappa shape index (κ2) is 6.08. The lowest BCUT2D eigenvalue weighted by Gasteiger charge is -2.27. The Labute approximate surface area is 125 Å². The quantitative estimate of drug-likeness (QED) is 0.928. The molecule has 0 radical (unpaired) electrons. The van der Waals surface area contributed by atoms with Crippen LogP contribution >= 0.6 is 0 Å². The molecule has 0 aliphatic carbocycles. The van der Waals surface area contributed by atoms with Crippen LogP contribution in [0.4, 0.5) is 5.69 Å². The molecular weight excluding hydrogens is 262 g/mol. The predicted molar refractivity (Wildman–Crippen MR) is 85.4 cm³/mol. The molecule has 0 saturated heterocycles. The van der Waals surface area contributed by atoms with Crippen LogP contribution in [0.15, 0.2) is 42.5 Å². The number of fused-ring (bicyclic) bond motifs is 1. The van der Waals surface area contributed by atoms with Gasteiger partial charge in [-0.3, -0.25) is 0 Å². The molecule has 3 nitrogen and oxygen atoms in total. The molecule has 2 aromatic carbocycles. The fourth-order valence-corrected chi connectivity index (χ4v) is 2.92. The van der Waals surface area contributed by atoms with Gasteiger partial charge in [0.05, 0.1) is 14.2 Å². The Balaban J connectivity index is 1.76. The van der Waals surface area contributed by atoms with Crippen molar-refractivity contribution in [1.29, 1.82) is 0 Å². The number of aryl methyl sites for hydroxylation is 1. The lowest BCUT2D eigenvalue weighted by Crippen LogP contribution is -2.27. The summed E-state index contributed by atoms with van der Waals surface area (Å²) < 4.78 is 10.7. The molecule has 0 spiro atoms. The first-order chi connectivity index (χ1) is 10.3. The molecular formula is C18H21NO2. The van der Waals surface area contributed by atoms with E-state index in [0.717, 1.165) is 30.8 Å². The zero-order valence-corrected chi connectivity index (χ0v) is 12.6. The van der Waals surface area contributed by atoms with Gasteiger partial charge in [-0.1, -0.05) is 18.2 Å². The molecule has 1 aliphatic heterocycles. The minimum atomic E-state index is 0.455. The molecule has 21 heavy (non-hydrogen) atoms. The third-order valence-electron chi connectivity index (χ3n) is 4.03. The van der Waals surface area contributed by atoms with Gasteiger partial charge in [0.25, 0.3) is 0 Å². The fraction of sp³-hybridized carbons (Fsp3) is 0.333. The zero-order valence-electron chi connectivity index (χ0n) is 12.6. The second-order valence-electron chi connectivity index (χ2n) is 5.46. The summed E-state index contributed by atoms with van der Waals surface area (Å²) in [5.41, 5.74) is 3.92. The molecule has 1 N–H and O–H groups in total. The number of methoxy groups -OCH3 is 2. The Morgan fingerprint density at radius 3 is 2.48 bits per heavy atom. The first-order valence-corrected chi connectivity index (χ1v) is 7.35. The summed E-state index contributed by atoms with van der Waals surface area (Å²) in [7, 11) is 3.38. The van der Waals surface area contributed by atoms with Gasteiger partial charge in [-0.05, 0) is 48.6 Å². The van der Waals surface area contributed by atoms with E-state index >= 15 is 0 Å². The summed E-state index contributed by atoms with van der Waals surface area (Å²) >= 11 is 0. The SMILES string of the molecule is COc1cc(CC2CCc3ccccc3N2)cc(OC)c1. The molecule has 3 heteroatoms. The van der Waals surface area contributed by atoms with Gasteiger partial charge in [0, 0.05) is 17.8 Å². The Morgan fingerprint density at radius 2 is 1.76 bits per heavy atom. The number of benzene rings is 2. The largest absolute Gasteiger partial charge is 0.497 e. The van der Waals surface area contributed by atoms with Crippen molar-refractivity contribution < 1.29 is 9.47 Å². The summed E-state index contributed by atoms with van der Waals surface area (Å²) in [4.78, 5) is 0. The maximum absolute atomic E-state index is 5.34. The molecule has 1 heterocycles. The topological polar surface area (TPSA) is 30.5 Å². The first-order valence-electron chi connectivity index (χ1n) is 7.35. The molecule has 0 fully saturated rings.